The molecule has 3 rings (SSSR count). The number of rotatable bonds is 7. The number of halogens is 6. The van der Waals surface area contributed by atoms with Crippen LogP contribution in [-0.4, -0.2) is 33.8 Å². The zero-order chi connectivity index (χ0) is 28.8. The maximum absolute atomic E-state index is 13.6. The molecule has 0 atom stereocenters. The zero-order valence-electron chi connectivity index (χ0n) is 20.5. The Morgan fingerprint density at radius 3 is 2.26 bits per heavy atom. The van der Waals surface area contributed by atoms with Crippen LogP contribution in [0, 0.1) is 16.0 Å². The number of fused-ring (bicyclic) bond motifs is 1. The third kappa shape index (κ3) is 8.85. The van der Waals surface area contributed by atoms with Crippen LogP contribution < -0.4 is 10.1 Å². The maximum Gasteiger partial charge on any atom is 0.420 e. The van der Waals surface area contributed by atoms with Gasteiger partial charge in [-0.3, -0.25) is 10.1 Å². The van der Waals surface area contributed by atoms with Crippen molar-refractivity contribution in [3.63, 3.8) is 0 Å². The Balaban J connectivity index is 0.00000118. The highest BCUT2D eigenvalue weighted by molar-refractivity contribution is 5.84. The van der Waals surface area contributed by atoms with E-state index in [1.165, 1.54) is 18.2 Å². The predicted octanol–water partition coefficient (Wildman–Crippen LogP) is 7.46. The van der Waals surface area contributed by atoms with Crippen molar-refractivity contribution in [2.24, 2.45) is 5.92 Å². The average Bonchev–Trinajstić information content (AvgIpc) is 3.14. The number of nitro groups is 1. The first-order valence-electron chi connectivity index (χ1n) is 11.2. The van der Waals surface area contributed by atoms with Gasteiger partial charge in [0, 0.05) is 41.3 Å². The number of nitrogens with one attached hydrogen (secondary N) is 2. The van der Waals surface area contributed by atoms with Crippen LogP contribution in [0.4, 0.5) is 36.8 Å². The number of H-pyrrole nitrogens is 1. The molecule has 38 heavy (non-hydrogen) atoms. The van der Waals surface area contributed by atoms with Crippen molar-refractivity contribution in [1.29, 1.82) is 0 Å². The molecule has 0 fully saturated rings. The monoisotopic (exact) mass is 549 g/mol. The molecule has 0 spiro atoms. The molecule has 208 valence electrons. The highest BCUT2D eigenvalue weighted by Gasteiger charge is 2.40. The van der Waals surface area contributed by atoms with Gasteiger partial charge in [-0.2, -0.15) is 26.3 Å². The van der Waals surface area contributed by atoms with E-state index in [9.17, 15) is 41.3 Å². The van der Waals surface area contributed by atoms with Crippen molar-refractivity contribution in [1.82, 2.24) is 10.3 Å². The molecule has 0 radical (unpaired) electrons. The average molecular weight is 549 g/mol. The fourth-order valence-corrected chi connectivity index (χ4v) is 3.31. The summed E-state index contributed by atoms with van der Waals surface area (Å²) in [5.74, 6) is -0.610. The number of ether oxygens (including phenoxy) is 1. The number of aromatic amines is 1. The highest BCUT2D eigenvalue weighted by Crippen LogP contribution is 2.44. The van der Waals surface area contributed by atoms with E-state index in [0.29, 0.717) is 22.5 Å². The van der Waals surface area contributed by atoms with Crippen molar-refractivity contribution >= 4 is 22.7 Å². The van der Waals surface area contributed by atoms with E-state index >= 15 is 0 Å². The summed E-state index contributed by atoms with van der Waals surface area (Å²) in [7, 11) is 0. The SMILES string of the molecule is CC(C)C.O=C(O)NCCc1c[nH]c2ccc(Oc3c(CC(F)(F)F)cc([N+](=O)[O-])cc3C(F)(F)F)cc12. The highest BCUT2D eigenvalue weighted by atomic mass is 19.4. The molecular weight excluding hydrogens is 524 g/mol. The number of nitro benzene ring substituents is 1. The van der Waals surface area contributed by atoms with Gasteiger partial charge in [0.25, 0.3) is 5.69 Å². The number of benzene rings is 2. The van der Waals surface area contributed by atoms with Gasteiger partial charge in [0.05, 0.1) is 11.3 Å². The summed E-state index contributed by atoms with van der Waals surface area (Å²) in [5, 5.41) is 22.3. The number of aromatic nitrogens is 1. The van der Waals surface area contributed by atoms with Crippen LogP contribution >= 0.6 is 0 Å². The molecule has 2 aromatic carbocycles. The third-order valence-electron chi connectivity index (χ3n) is 4.69. The zero-order valence-corrected chi connectivity index (χ0v) is 20.5. The predicted molar refractivity (Wildman–Crippen MR) is 126 cm³/mol. The summed E-state index contributed by atoms with van der Waals surface area (Å²) in [5.41, 5.74) is -2.83. The Morgan fingerprint density at radius 2 is 1.74 bits per heavy atom. The Bertz CT molecular complexity index is 1280. The molecule has 0 aliphatic rings. The molecule has 0 saturated heterocycles. The van der Waals surface area contributed by atoms with E-state index in [-0.39, 0.29) is 24.8 Å². The topological polar surface area (TPSA) is 117 Å². The molecule has 3 N–H and O–H groups in total. The first-order chi connectivity index (χ1) is 17.5. The molecule has 1 aromatic heterocycles. The summed E-state index contributed by atoms with van der Waals surface area (Å²) >= 11 is 0. The molecule has 0 bridgehead atoms. The number of nitrogens with zero attached hydrogens (tertiary/aromatic N) is 1. The maximum atomic E-state index is 13.6. The second-order valence-electron chi connectivity index (χ2n) is 8.87. The molecule has 0 saturated carbocycles. The molecule has 0 aliphatic heterocycles. The van der Waals surface area contributed by atoms with Crippen LogP contribution in [0.1, 0.15) is 37.5 Å². The quantitative estimate of drug-likeness (QED) is 0.161. The van der Waals surface area contributed by atoms with Gasteiger partial charge < -0.3 is 20.1 Å². The number of hydrogen-bond donors (Lipinski definition) is 3. The number of alkyl halides is 6. The van der Waals surface area contributed by atoms with Gasteiger partial charge in [0.2, 0.25) is 0 Å². The van der Waals surface area contributed by atoms with Gasteiger partial charge >= 0.3 is 18.4 Å². The summed E-state index contributed by atoms with van der Waals surface area (Å²) < 4.78 is 85.3. The molecule has 3 aromatic rings. The normalized spacial score (nSPS) is 11.7. The molecule has 14 heteroatoms. The van der Waals surface area contributed by atoms with Gasteiger partial charge in [-0.25, -0.2) is 4.79 Å². The molecule has 0 aliphatic carbocycles. The Morgan fingerprint density at radius 1 is 1.11 bits per heavy atom. The molecule has 0 unspecified atom stereocenters. The standard InChI is InChI=1S/C20H15F6N3O5.C4H10/c21-19(22,23)8-11-5-12(29(32)33)6-15(20(24,25)26)17(11)34-13-1-2-16-14(7-13)10(9-28-16)3-4-27-18(30)31;1-4(2)3/h1-2,5-7,9,27-28H,3-4,8H2,(H,30,31);4H,1-3H3. The first kappa shape index (κ1) is 30.3. The van der Waals surface area contributed by atoms with Gasteiger partial charge in [-0.15, -0.1) is 0 Å². The summed E-state index contributed by atoms with van der Waals surface area (Å²) in [6.45, 7) is 6.53. The summed E-state index contributed by atoms with van der Waals surface area (Å²) in [6.07, 6.45) is -11.6. The van der Waals surface area contributed by atoms with Crippen LogP contribution in [0.25, 0.3) is 10.9 Å². The van der Waals surface area contributed by atoms with E-state index in [1.54, 1.807) is 6.20 Å². The Kier molecular flexibility index (Phi) is 9.59. The lowest BCUT2D eigenvalue weighted by atomic mass is 10.0. The molecule has 1 heterocycles. The number of hydrogen-bond acceptors (Lipinski definition) is 4. The van der Waals surface area contributed by atoms with E-state index in [2.05, 4.69) is 31.1 Å². The fraction of sp³-hybridized carbons (Fsp3) is 0.375. The van der Waals surface area contributed by atoms with Crippen LogP contribution in [-0.2, 0) is 19.0 Å². The van der Waals surface area contributed by atoms with Gasteiger partial charge in [0.15, 0.2) is 0 Å². The number of carboxylic acid groups (broad SMARTS) is 1. The number of amides is 1. The molecular formula is C24H25F6N3O5. The van der Waals surface area contributed by atoms with E-state index in [1.807, 2.05) is 0 Å². The minimum absolute atomic E-state index is 0.0314. The second kappa shape index (κ2) is 12.0. The lowest BCUT2D eigenvalue weighted by molar-refractivity contribution is -0.385. The van der Waals surface area contributed by atoms with Crippen molar-refractivity contribution in [2.75, 3.05) is 6.54 Å². The largest absolute Gasteiger partial charge is 0.465 e. The van der Waals surface area contributed by atoms with Gasteiger partial charge in [-0.1, -0.05) is 20.8 Å². The fourth-order valence-electron chi connectivity index (χ4n) is 3.31. The van der Waals surface area contributed by atoms with Crippen molar-refractivity contribution in [2.45, 2.75) is 46.0 Å². The van der Waals surface area contributed by atoms with E-state index in [4.69, 9.17) is 9.84 Å². The minimum Gasteiger partial charge on any atom is -0.465 e. The van der Waals surface area contributed by atoms with E-state index < -0.39 is 52.4 Å². The van der Waals surface area contributed by atoms with E-state index in [0.717, 1.165) is 5.92 Å². The Labute approximate surface area is 212 Å². The van der Waals surface area contributed by atoms with Crippen LogP contribution in [0.5, 0.6) is 11.5 Å². The summed E-state index contributed by atoms with van der Waals surface area (Å²) in [6, 6.07) is 4.43. The van der Waals surface area contributed by atoms with Gasteiger partial charge in [-0.05, 0) is 36.1 Å². The number of carbonyl (C=O) groups is 1. The molecule has 8 nitrogen and oxygen atoms in total. The smallest absolute Gasteiger partial charge is 0.420 e. The first-order valence-corrected chi connectivity index (χ1v) is 11.2. The van der Waals surface area contributed by atoms with Crippen LogP contribution in [0.2, 0.25) is 0 Å². The van der Waals surface area contributed by atoms with Gasteiger partial charge in [0.1, 0.15) is 17.1 Å². The Hall–Kier alpha value is -3.97. The minimum atomic E-state index is -5.24. The molecule has 1 amide bonds. The summed E-state index contributed by atoms with van der Waals surface area (Å²) in [4.78, 5) is 23.3. The van der Waals surface area contributed by atoms with Crippen molar-refractivity contribution < 1.29 is 45.9 Å². The lowest BCUT2D eigenvalue weighted by Crippen LogP contribution is -2.23. The van der Waals surface area contributed by atoms with Crippen molar-refractivity contribution in [3.8, 4) is 11.5 Å². The number of non-ortho nitro benzene ring substituents is 1. The van der Waals surface area contributed by atoms with Crippen molar-refractivity contribution in [3.05, 3.63) is 63.3 Å². The van der Waals surface area contributed by atoms with Crippen LogP contribution in [0.15, 0.2) is 36.5 Å². The lowest BCUT2D eigenvalue weighted by Gasteiger charge is -2.18. The third-order valence-corrected chi connectivity index (χ3v) is 4.69. The van der Waals surface area contributed by atoms with Crippen LogP contribution in [0.3, 0.4) is 0 Å². The second-order valence-corrected chi connectivity index (χ2v) is 8.87.